The highest BCUT2D eigenvalue weighted by atomic mass is 16.5. The van der Waals surface area contributed by atoms with Crippen LogP contribution in [-0.2, 0) is 0 Å². The molecule has 2 aromatic carbocycles. The van der Waals surface area contributed by atoms with Gasteiger partial charge >= 0.3 is 0 Å². The lowest BCUT2D eigenvalue weighted by atomic mass is 10.1. The summed E-state index contributed by atoms with van der Waals surface area (Å²) in [5.74, 6) is 0.951. The van der Waals surface area contributed by atoms with E-state index in [4.69, 9.17) is 4.74 Å². The van der Waals surface area contributed by atoms with Crippen LogP contribution in [0.1, 0.15) is 36.5 Å². The Hall–Kier alpha value is -1.96. The summed E-state index contributed by atoms with van der Waals surface area (Å²) in [5, 5.41) is 3.51. The molecule has 21 heavy (non-hydrogen) atoms. The van der Waals surface area contributed by atoms with Gasteiger partial charge in [-0.3, -0.25) is 0 Å². The Labute approximate surface area is 128 Å². The average molecular weight is 283 g/mol. The first-order chi connectivity index (χ1) is 10.1. The molecule has 0 bridgehead atoms. The third-order valence-corrected chi connectivity index (χ3v) is 3.62. The van der Waals surface area contributed by atoms with Crippen LogP contribution >= 0.6 is 0 Å². The second-order valence-corrected chi connectivity index (χ2v) is 5.62. The average Bonchev–Trinajstić information content (AvgIpc) is 2.44. The van der Waals surface area contributed by atoms with E-state index in [0.717, 1.165) is 36.6 Å². The molecule has 2 nitrogen and oxygen atoms in total. The summed E-state index contributed by atoms with van der Waals surface area (Å²) >= 11 is 0. The molecule has 2 rings (SSSR count). The van der Waals surface area contributed by atoms with Gasteiger partial charge in [-0.15, -0.1) is 0 Å². The molecule has 0 unspecified atom stereocenters. The molecule has 0 fully saturated rings. The Morgan fingerprint density at radius 2 is 1.57 bits per heavy atom. The molecule has 0 saturated heterocycles. The van der Waals surface area contributed by atoms with Crippen LogP contribution in [0.2, 0.25) is 0 Å². The molecule has 0 radical (unpaired) electrons. The summed E-state index contributed by atoms with van der Waals surface area (Å²) in [6, 6.07) is 12.7. The molecule has 0 aromatic heterocycles. The third-order valence-electron chi connectivity index (χ3n) is 3.62. The zero-order valence-electron chi connectivity index (χ0n) is 13.5. The molecule has 0 spiro atoms. The van der Waals surface area contributed by atoms with Crippen LogP contribution in [0.15, 0.2) is 36.4 Å². The smallest absolute Gasteiger partial charge is 0.119 e. The summed E-state index contributed by atoms with van der Waals surface area (Å²) < 4.78 is 5.74. The van der Waals surface area contributed by atoms with Crippen molar-refractivity contribution in [3.63, 3.8) is 0 Å². The molecule has 0 aliphatic carbocycles. The molecule has 1 N–H and O–H groups in total. The van der Waals surface area contributed by atoms with Crippen molar-refractivity contribution in [1.29, 1.82) is 0 Å². The molecule has 0 heterocycles. The predicted molar refractivity (Wildman–Crippen MR) is 90.8 cm³/mol. The number of nitrogens with one attached hydrogen (secondary N) is 1. The van der Waals surface area contributed by atoms with Crippen LogP contribution in [-0.4, -0.2) is 6.61 Å². The largest absolute Gasteiger partial charge is 0.494 e. The van der Waals surface area contributed by atoms with Gasteiger partial charge in [0.25, 0.3) is 0 Å². The molecular weight excluding hydrogens is 258 g/mol. The lowest BCUT2D eigenvalue weighted by molar-refractivity contribution is 0.309. The van der Waals surface area contributed by atoms with Crippen molar-refractivity contribution in [2.75, 3.05) is 11.9 Å². The van der Waals surface area contributed by atoms with Crippen molar-refractivity contribution >= 4 is 11.4 Å². The number of benzene rings is 2. The van der Waals surface area contributed by atoms with Gasteiger partial charge in [-0.05, 0) is 62.6 Å². The summed E-state index contributed by atoms with van der Waals surface area (Å²) in [6.07, 6.45) is 2.26. The van der Waals surface area contributed by atoms with Crippen molar-refractivity contribution in [2.45, 2.75) is 40.5 Å². The van der Waals surface area contributed by atoms with Crippen molar-refractivity contribution in [3.05, 3.63) is 53.1 Å². The minimum atomic E-state index is 0.791. The second-order valence-electron chi connectivity index (χ2n) is 5.62. The third kappa shape index (κ3) is 4.25. The SMILES string of the molecule is CCCCOc1ccc(Nc2ccc(C)cc2C)c(C)c1. The molecule has 2 heteroatoms. The van der Waals surface area contributed by atoms with Crippen molar-refractivity contribution in [3.8, 4) is 5.75 Å². The van der Waals surface area contributed by atoms with Gasteiger partial charge in [-0.25, -0.2) is 0 Å². The topological polar surface area (TPSA) is 21.3 Å². The maximum Gasteiger partial charge on any atom is 0.119 e. The van der Waals surface area contributed by atoms with Crippen molar-refractivity contribution in [2.24, 2.45) is 0 Å². The minimum absolute atomic E-state index is 0.791. The van der Waals surface area contributed by atoms with Crippen LogP contribution in [0.5, 0.6) is 5.75 Å². The molecular formula is C19H25NO. The normalized spacial score (nSPS) is 10.5. The first-order valence-corrected chi connectivity index (χ1v) is 7.68. The van der Waals surface area contributed by atoms with E-state index >= 15 is 0 Å². The van der Waals surface area contributed by atoms with Crippen LogP contribution < -0.4 is 10.1 Å². The fourth-order valence-corrected chi connectivity index (χ4v) is 2.30. The van der Waals surface area contributed by atoms with Gasteiger partial charge in [0.2, 0.25) is 0 Å². The van der Waals surface area contributed by atoms with Crippen LogP contribution in [0, 0.1) is 20.8 Å². The molecule has 0 saturated carbocycles. The number of rotatable bonds is 6. The lowest BCUT2D eigenvalue weighted by Gasteiger charge is -2.14. The molecule has 0 atom stereocenters. The quantitative estimate of drug-likeness (QED) is 0.703. The fourth-order valence-electron chi connectivity index (χ4n) is 2.30. The van der Waals surface area contributed by atoms with Crippen molar-refractivity contribution in [1.82, 2.24) is 0 Å². The Morgan fingerprint density at radius 3 is 2.19 bits per heavy atom. The molecule has 0 aliphatic heterocycles. The van der Waals surface area contributed by atoms with E-state index in [-0.39, 0.29) is 0 Å². The molecule has 112 valence electrons. The van der Waals surface area contributed by atoms with Gasteiger partial charge < -0.3 is 10.1 Å². The Bertz CT molecular complexity index is 605. The van der Waals surface area contributed by atoms with Gasteiger partial charge in [-0.2, -0.15) is 0 Å². The number of hydrogen-bond donors (Lipinski definition) is 1. The van der Waals surface area contributed by atoms with Crippen LogP contribution in [0.25, 0.3) is 0 Å². The highest BCUT2D eigenvalue weighted by Gasteiger charge is 2.04. The van der Waals surface area contributed by atoms with E-state index in [1.165, 1.54) is 16.7 Å². The zero-order chi connectivity index (χ0) is 15.2. The van der Waals surface area contributed by atoms with Crippen LogP contribution in [0.4, 0.5) is 11.4 Å². The van der Waals surface area contributed by atoms with Gasteiger partial charge in [0, 0.05) is 11.4 Å². The molecule has 0 aliphatic rings. The number of aryl methyl sites for hydroxylation is 3. The van der Waals surface area contributed by atoms with E-state index in [2.05, 4.69) is 63.3 Å². The summed E-state index contributed by atoms with van der Waals surface area (Å²) in [7, 11) is 0. The second kappa shape index (κ2) is 7.16. The first-order valence-electron chi connectivity index (χ1n) is 7.68. The Morgan fingerprint density at radius 1 is 0.905 bits per heavy atom. The summed E-state index contributed by atoms with van der Waals surface area (Å²) in [5.41, 5.74) is 6.03. The summed E-state index contributed by atoms with van der Waals surface area (Å²) in [4.78, 5) is 0. The lowest BCUT2D eigenvalue weighted by Crippen LogP contribution is -1.99. The number of hydrogen-bond acceptors (Lipinski definition) is 2. The number of unbranched alkanes of at least 4 members (excludes halogenated alkanes) is 1. The highest BCUT2D eigenvalue weighted by molar-refractivity contribution is 5.66. The number of anilines is 2. The predicted octanol–water partition coefficient (Wildman–Crippen LogP) is 5.53. The Kier molecular flexibility index (Phi) is 5.26. The number of ether oxygens (including phenoxy) is 1. The summed E-state index contributed by atoms with van der Waals surface area (Å²) in [6.45, 7) is 9.32. The molecule has 2 aromatic rings. The zero-order valence-corrected chi connectivity index (χ0v) is 13.5. The van der Waals surface area contributed by atoms with Crippen molar-refractivity contribution < 1.29 is 4.74 Å². The van der Waals surface area contributed by atoms with Crippen LogP contribution in [0.3, 0.4) is 0 Å². The van der Waals surface area contributed by atoms with E-state index < -0.39 is 0 Å². The fraction of sp³-hybridized carbons (Fsp3) is 0.368. The first kappa shape index (κ1) is 15.4. The van der Waals surface area contributed by atoms with Gasteiger partial charge in [-0.1, -0.05) is 31.0 Å². The van der Waals surface area contributed by atoms with E-state index in [0.29, 0.717) is 0 Å². The highest BCUT2D eigenvalue weighted by Crippen LogP contribution is 2.26. The molecule has 0 amide bonds. The standard InChI is InChI=1S/C19H25NO/c1-5-6-11-21-17-8-10-19(16(4)13-17)20-18-9-7-14(2)12-15(18)3/h7-10,12-13,20H,5-6,11H2,1-4H3. The minimum Gasteiger partial charge on any atom is -0.494 e. The van der Waals surface area contributed by atoms with Gasteiger partial charge in [0.1, 0.15) is 5.75 Å². The maximum absolute atomic E-state index is 5.74. The van der Waals surface area contributed by atoms with E-state index in [1.54, 1.807) is 0 Å². The Balaban J connectivity index is 2.10. The monoisotopic (exact) mass is 283 g/mol. The van der Waals surface area contributed by atoms with E-state index in [9.17, 15) is 0 Å². The van der Waals surface area contributed by atoms with Gasteiger partial charge in [0.05, 0.1) is 6.61 Å². The van der Waals surface area contributed by atoms with E-state index in [1.807, 2.05) is 6.07 Å². The van der Waals surface area contributed by atoms with Gasteiger partial charge in [0.15, 0.2) is 0 Å². The maximum atomic E-state index is 5.74.